The Bertz CT molecular complexity index is 684. The van der Waals surface area contributed by atoms with Crippen molar-refractivity contribution in [1.29, 1.82) is 0 Å². The first-order valence-electron chi connectivity index (χ1n) is 7.98. The van der Waals surface area contributed by atoms with E-state index in [1.54, 1.807) is 14.2 Å². The summed E-state index contributed by atoms with van der Waals surface area (Å²) in [5, 5.41) is 3.60. The number of methoxy groups -OCH3 is 2. The van der Waals surface area contributed by atoms with E-state index in [-0.39, 0.29) is 6.04 Å². The normalized spacial score (nSPS) is 16.6. The van der Waals surface area contributed by atoms with Gasteiger partial charge in [-0.25, -0.2) is 0 Å². The van der Waals surface area contributed by atoms with Crippen LogP contribution in [0.1, 0.15) is 29.7 Å². The zero-order chi connectivity index (χ0) is 16.2. The van der Waals surface area contributed by atoms with Crippen LogP contribution in [0.25, 0.3) is 0 Å². The number of hydrogen-bond donors (Lipinski definition) is 1. The van der Waals surface area contributed by atoms with Gasteiger partial charge in [0.2, 0.25) is 0 Å². The Labute approximate surface area is 137 Å². The van der Waals surface area contributed by atoms with Gasteiger partial charge < -0.3 is 19.5 Å². The van der Waals surface area contributed by atoms with E-state index in [4.69, 9.17) is 14.2 Å². The molecule has 0 spiro atoms. The van der Waals surface area contributed by atoms with Crippen LogP contribution in [0.4, 0.5) is 0 Å². The Hall–Kier alpha value is -2.20. The van der Waals surface area contributed by atoms with Crippen LogP contribution < -0.4 is 19.5 Å². The van der Waals surface area contributed by atoms with E-state index in [0.29, 0.717) is 6.61 Å². The summed E-state index contributed by atoms with van der Waals surface area (Å²) in [5.74, 6) is 2.48. The molecule has 1 N–H and O–H groups in total. The Morgan fingerprint density at radius 1 is 1.00 bits per heavy atom. The molecule has 1 atom stereocenters. The van der Waals surface area contributed by atoms with Gasteiger partial charge in [-0.3, -0.25) is 0 Å². The number of benzene rings is 2. The van der Waals surface area contributed by atoms with Crippen LogP contribution in [0.2, 0.25) is 0 Å². The number of nitrogens with one attached hydrogen (secondary N) is 1. The van der Waals surface area contributed by atoms with Gasteiger partial charge in [-0.2, -0.15) is 0 Å². The third kappa shape index (κ3) is 2.99. The van der Waals surface area contributed by atoms with Crippen LogP contribution in [-0.4, -0.2) is 27.4 Å². The maximum absolute atomic E-state index is 5.75. The Kier molecular flexibility index (Phi) is 4.72. The lowest BCUT2D eigenvalue weighted by Gasteiger charge is -2.29. The lowest BCUT2D eigenvalue weighted by Crippen LogP contribution is -2.31. The molecular weight excluding hydrogens is 290 g/mol. The Balaban J connectivity index is 2.09. The van der Waals surface area contributed by atoms with Gasteiger partial charge in [0.1, 0.15) is 5.75 Å². The Morgan fingerprint density at radius 2 is 1.78 bits per heavy atom. The van der Waals surface area contributed by atoms with Gasteiger partial charge in [0.25, 0.3) is 0 Å². The molecule has 3 rings (SSSR count). The predicted octanol–water partition coefficient (Wildman–Crippen LogP) is 3.34. The molecule has 0 saturated carbocycles. The van der Waals surface area contributed by atoms with E-state index in [2.05, 4.69) is 23.5 Å². The summed E-state index contributed by atoms with van der Waals surface area (Å²) in [7, 11) is 3.39. The molecular formula is C19H23NO3. The van der Waals surface area contributed by atoms with Crippen LogP contribution in [0.15, 0.2) is 36.4 Å². The molecule has 0 bridgehead atoms. The molecule has 0 radical (unpaired) electrons. The second-order valence-corrected chi connectivity index (χ2v) is 5.51. The van der Waals surface area contributed by atoms with Gasteiger partial charge in [-0.1, -0.05) is 18.2 Å². The van der Waals surface area contributed by atoms with Crippen molar-refractivity contribution < 1.29 is 14.2 Å². The smallest absolute Gasteiger partial charge is 0.161 e. The maximum atomic E-state index is 5.75. The summed E-state index contributed by atoms with van der Waals surface area (Å²) < 4.78 is 16.8. The van der Waals surface area contributed by atoms with Gasteiger partial charge in [0.05, 0.1) is 26.9 Å². The van der Waals surface area contributed by atoms with E-state index in [1.165, 1.54) is 11.1 Å². The molecule has 0 amide bonds. The third-order valence-electron chi connectivity index (χ3n) is 4.23. The molecule has 0 aliphatic carbocycles. The molecule has 1 aliphatic heterocycles. The van der Waals surface area contributed by atoms with E-state index in [0.717, 1.165) is 35.8 Å². The van der Waals surface area contributed by atoms with E-state index >= 15 is 0 Å². The monoisotopic (exact) mass is 313 g/mol. The first kappa shape index (κ1) is 15.7. The fraction of sp³-hybridized carbons (Fsp3) is 0.368. The van der Waals surface area contributed by atoms with Crippen LogP contribution in [0.3, 0.4) is 0 Å². The van der Waals surface area contributed by atoms with E-state index in [1.807, 2.05) is 25.1 Å². The lowest BCUT2D eigenvalue weighted by molar-refractivity contribution is 0.309. The highest BCUT2D eigenvalue weighted by Crippen LogP contribution is 2.39. The molecule has 1 unspecified atom stereocenters. The minimum Gasteiger partial charge on any atom is -0.496 e. The average molecular weight is 313 g/mol. The van der Waals surface area contributed by atoms with Crippen LogP contribution in [0, 0.1) is 0 Å². The molecule has 0 fully saturated rings. The van der Waals surface area contributed by atoms with Crippen molar-refractivity contribution in [3.05, 3.63) is 53.1 Å². The minimum atomic E-state index is 0.0972. The van der Waals surface area contributed by atoms with Crippen LogP contribution in [0.5, 0.6) is 17.2 Å². The maximum Gasteiger partial charge on any atom is 0.161 e. The number of hydrogen-bond acceptors (Lipinski definition) is 4. The van der Waals surface area contributed by atoms with E-state index in [9.17, 15) is 0 Å². The summed E-state index contributed by atoms with van der Waals surface area (Å²) in [6.45, 7) is 3.52. The molecule has 23 heavy (non-hydrogen) atoms. The molecule has 2 aromatic rings. The molecule has 122 valence electrons. The van der Waals surface area contributed by atoms with Crippen molar-refractivity contribution in [2.24, 2.45) is 0 Å². The topological polar surface area (TPSA) is 39.7 Å². The van der Waals surface area contributed by atoms with E-state index < -0.39 is 0 Å². The fourth-order valence-electron chi connectivity index (χ4n) is 3.17. The number of para-hydroxylation sites is 1. The van der Waals surface area contributed by atoms with Gasteiger partial charge in [-0.15, -0.1) is 0 Å². The van der Waals surface area contributed by atoms with Crippen LogP contribution in [-0.2, 0) is 6.42 Å². The van der Waals surface area contributed by atoms with Crippen molar-refractivity contribution in [2.45, 2.75) is 19.4 Å². The van der Waals surface area contributed by atoms with Crippen molar-refractivity contribution in [3.8, 4) is 17.2 Å². The lowest BCUT2D eigenvalue weighted by atomic mass is 9.89. The predicted molar refractivity (Wildman–Crippen MR) is 90.7 cm³/mol. The average Bonchev–Trinajstić information content (AvgIpc) is 2.61. The molecule has 4 nitrogen and oxygen atoms in total. The number of rotatable bonds is 5. The summed E-state index contributed by atoms with van der Waals surface area (Å²) >= 11 is 0. The third-order valence-corrected chi connectivity index (χ3v) is 4.23. The highest BCUT2D eigenvalue weighted by Gasteiger charge is 2.25. The first-order chi connectivity index (χ1) is 11.3. The molecule has 4 heteroatoms. The van der Waals surface area contributed by atoms with Crippen molar-refractivity contribution in [3.63, 3.8) is 0 Å². The fourth-order valence-corrected chi connectivity index (χ4v) is 3.17. The van der Waals surface area contributed by atoms with Crippen molar-refractivity contribution >= 4 is 0 Å². The zero-order valence-corrected chi connectivity index (χ0v) is 13.9. The minimum absolute atomic E-state index is 0.0972. The summed E-state index contributed by atoms with van der Waals surface area (Å²) in [6, 6.07) is 12.4. The quantitative estimate of drug-likeness (QED) is 0.919. The molecule has 1 heterocycles. The van der Waals surface area contributed by atoms with Crippen LogP contribution >= 0.6 is 0 Å². The second-order valence-electron chi connectivity index (χ2n) is 5.51. The van der Waals surface area contributed by atoms with Crippen molar-refractivity contribution in [2.75, 3.05) is 27.4 Å². The number of fused-ring (bicyclic) bond motifs is 1. The first-order valence-corrected chi connectivity index (χ1v) is 7.98. The summed E-state index contributed by atoms with van der Waals surface area (Å²) in [5.41, 5.74) is 3.66. The molecule has 1 aliphatic rings. The molecule has 0 saturated heterocycles. The number of ether oxygens (including phenoxy) is 3. The summed E-state index contributed by atoms with van der Waals surface area (Å²) in [4.78, 5) is 0. The van der Waals surface area contributed by atoms with Gasteiger partial charge >= 0.3 is 0 Å². The SMILES string of the molecule is CCOc1cc2c(cc1OC)CCNC2c1ccccc1OC. The van der Waals surface area contributed by atoms with Gasteiger partial charge in [-0.05, 0) is 42.7 Å². The van der Waals surface area contributed by atoms with Gasteiger partial charge in [0, 0.05) is 12.1 Å². The highest BCUT2D eigenvalue weighted by atomic mass is 16.5. The standard InChI is InChI=1S/C19H23NO3/c1-4-23-18-12-15-13(11-17(18)22-3)9-10-20-19(15)14-7-5-6-8-16(14)21-2/h5-8,11-12,19-20H,4,9-10H2,1-3H3. The van der Waals surface area contributed by atoms with Gasteiger partial charge in [0.15, 0.2) is 11.5 Å². The highest BCUT2D eigenvalue weighted by molar-refractivity contribution is 5.53. The van der Waals surface area contributed by atoms with Crippen molar-refractivity contribution in [1.82, 2.24) is 5.32 Å². The second kappa shape index (κ2) is 6.92. The molecule has 2 aromatic carbocycles. The Morgan fingerprint density at radius 3 is 2.52 bits per heavy atom. The summed E-state index contributed by atoms with van der Waals surface area (Å²) in [6.07, 6.45) is 0.976. The molecule has 0 aromatic heterocycles. The zero-order valence-electron chi connectivity index (χ0n) is 13.9. The largest absolute Gasteiger partial charge is 0.496 e.